The summed E-state index contributed by atoms with van der Waals surface area (Å²) in [6.45, 7) is 2.20. The average Bonchev–Trinajstić information content (AvgIpc) is 2.46. The second-order valence-corrected chi connectivity index (χ2v) is 3.87. The molecule has 2 rings (SSSR count). The van der Waals surface area contributed by atoms with Gasteiger partial charge in [0.2, 0.25) is 0 Å². The SMILES string of the molecule is NCC1(OC2COC2)CCCC1. The van der Waals surface area contributed by atoms with E-state index in [2.05, 4.69) is 0 Å². The maximum atomic E-state index is 5.93. The lowest BCUT2D eigenvalue weighted by atomic mass is 10.0. The molecule has 1 aliphatic heterocycles. The first-order chi connectivity index (χ1) is 5.85. The lowest BCUT2D eigenvalue weighted by Gasteiger charge is -2.36. The maximum absolute atomic E-state index is 5.93. The monoisotopic (exact) mass is 171 g/mol. The topological polar surface area (TPSA) is 44.5 Å². The average molecular weight is 171 g/mol. The van der Waals surface area contributed by atoms with Gasteiger partial charge in [-0.3, -0.25) is 0 Å². The van der Waals surface area contributed by atoms with Crippen LogP contribution < -0.4 is 5.73 Å². The molecule has 0 aromatic heterocycles. The van der Waals surface area contributed by atoms with Crippen LogP contribution in [0.15, 0.2) is 0 Å². The number of nitrogens with two attached hydrogens (primary N) is 1. The third-order valence-electron chi connectivity index (χ3n) is 2.91. The molecule has 0 spiro atoms. The molecule has 0 aromatic carbocycles. The normalized spacial score (nSPS) is 28.8. The fraction of sp³-hybridized carbons (Fsp3) is 1.00. The van der Waals surface area contributed by atoms with Gasteiger partial charge in [0.1, 0.15) is 6.10 Å². The van der Waals surface area contributed by atoms with Gasteiger partial charge in [-0.25, -0.2) is 0 Å². The summed E-state index contributed by atoms with van der Waals surface area (Å²) in [5, 5.41) is 0. The van der Waals surface area contributed by atoms with E-state index >= 15 is 0 Å². The summed E-state index contributed by atoms with van der Waals surface area (Å²) in [5.41, 5.74) is 5.74. The summed E-state index contributed by atoms with van der Waals surface area (Å²) in [4.78, 5) is 0. The molecule has 0 unspecified atom stereocenters. The van der Waals surface area contributed by atoms with Crippen molar-refractivity contribution in [2.45, 2.75) is 37.4 Å². The summed E-state index contributed by atoms with van der Waals surface area (Å²) in [6.07, 6.45) is 5.14. The van der Waals surface area contributed by atoms with Gasteiger partial charge in [-0.15, -0.1) is 0 Å². The summed E-state index contributed by atoms with van der Waals surface area (Å²) in [6, 6.07) is 0. The van der Waals surface area contributed by atoms with Gasteiger partial charge in [-0.2, -0.15) is 0 Å². The Morgan fingerprint density at radius 3 is 2.42 bits per heavy atom. The molecule has 0 bridgehead atoms. The van der Waals surface area contributed by atoms with Crippen molar-refractivity contribution in [3.8, 4) is 0 Å². The van der Waals surface area contributed by atoms with E-state index in [1.165, 1.54) is 12.8 Å². The Kier molecular flexibility index (Phi) is 2.35. The Morgan fingerprint density at radius 2 is 2.00 bits per heavy atom. The van der Waals surface area contributed by atoms with Crippen molar-refractivity contribution in [1.29, 1.82) is 0 Å². The van der Waals surface area contributed by atoms with Gasteiger partial charge < -0.3 is 15.2 Å². The molecule has 0 radical (unpaired) electrons. The van der Waals surface area contributed by atoms with Crippen molar-refractivity contribution in [3.63, 3.8) is 0 Å². The molecular weight excluding hydrogens is 154 g/mol. The summed E-state index contributed by atoms with van der Waals surface area (Å²) >= 11 is 0. The van der Waals surface area contributed by atoms with E-state index in [1.807, 2.05) is 0 Å². The van der Waals surface area contributed by atoms with E-state index in [0.717, 1.165) is 26.1 Å². The van der Waals surface area contributed by atoms with Crippen LogP contribution in [0.3, 0.4) is 0 Å². The molecule has 1 saturated heterocycles. The predicted molar refractivity (Wildman–Crippen MR) is 45.9 cm³/mol. The lowest BCUT2D eigenvalue weighted by Crippen LogP contribution is -2.47. The van der Waals surface area contributed by atoms with Gasteiger partial charge in [-0.1, -0.05) is 12.8 Å². The summed E-state index contributed by atoms with van der Waals surface area (Å²) in [7, 11) is 0. The Morgan fingerprint density at radius 1 is 1.33 bits per heavy atom. The van der Waals surface area contributed by atoms with E-state index in [1.54, 1.807) is 0 Å². The van der Waals surface area contributed by atoms with Crippen molar-refractivity contribution >= 4 is 0 Å². The Hall–Kier alpha value is -0.120. The predicted octanol–water partition coefficient (Wildman–Crippen LogP) is 0.673. The van der Waals surface area contributed by atoms with Gasteiger partial charge in [0.15, 0.2) is 0 Å². The van der Waals surface area contributed by atoms with Crippen LogP contribution >= 0.6 is 0 Å². The molecule has 3 heteroatoms. The quantitative estimate of drug-likeness (QED) is 0.679. The van der Waals surface area contributed by atoms with E-state index in [9.17, 15) is 0 Å². The first-order valence-corrected chi connectivity index (χ1v) is 4.80. The number of hydrogen-bond acceptors (Lipinski definition) is 3. The smallest absolute Gasteiger partial charge is 0.105 e. The van der Waals surface area contributed by atoms with Gasteiger partial charge in [-0.05, 0) is 12.8 Å². The molecule has 2 aliphatic rings. The van der Waals surface area contributed by atoms with Crippen LogP contribution in [0.1, 0.15) is 25.7 Å². The van der Waals surface area contributed by atoms with Crippen molar-refractivity contribution < 1.29 is 9.47 Å². The van der Waals surface area contributed by atoms with Crippen LogP contribution in [0, 0.1) is 0 Å². The lowest BCUT2D eigenvalue weighted by molar-refractivity contribution is -0.187. The van der Waals surface area contributed by atoms with Gasteiger partial charge >= 0.3 is 0 Å². The second-order valence-electron chi connectivity index (χ2n) is 3.87. The van der Waals surface area contributed by atoms with Gasteiger partial charge in [0, 0.05) is 6.54 Å². The fourth-order valence-electron chi connectivity index (χ4n) is 2.03. The highest BCUT2D eigenvalue weighted by Gasteiger charge is 2.37. The number of rotatable bonds is 3. The van der Waals surface area contributed by atoms with E-state index in [4.69, 9.17) is 15.2 Å². The standard InChI is InChI=1S/C9H17NO2/c10-7-9(3-1-2-4-9)12-8-5-11-6-8/h8H,1-7,10H2. The Labute approximate surface area is 73.2 Å². The molecule has 1 saturated carbocycles. The first-order valence-electron chi connectivity index (χ1n) is 4.80. The third-order valence-corrected chi connectivity index (χ3v) is 2.91. The molecule has 0 amide bonds. The molecule has 70 valence electrons. The van der Waals surface area contributed by atoms with Crippen molar-refractivity contribution in [1.82, 2.24) is 0 Å². The number of hydrogen-bond donors (Lipinski definition) is 1. The van der Waals surface area contributed by atoms with Gasteiger partial charge in [0.05, 0.1) is 18.8 Å². The first kappa shape index (κ1) is 8.48. The molecular formula is C9H17NO2. The van der Waals surface area contributed by atoms with Crippen LogP contribution in [0.2, 0.25) is 0 Å². The molecule has 0 atom stereocenters. The zero-order valence-corrected chi connectivity index (χ0v) is 7.42. The molecule has 1 heterocycles. The van der Waals surface area contributed by atoms with E-state index in [-0.39, 0.29) is 5.60 Å². The molecule has 1 aliphatic carbocycles. The van der Waals surface area contributed by atoms with Crippen LogP contribution in [0.4, 0.5) is 0 Å². The van der Waals surface area contributed by atoms with Crippen molar-refractivity contribution in [3.05, 3.63) is 0 Å². The van der Waals surface area contributed by atoms with Crippen LogP contribution in [-0.2, 0) is 9.47 Å². The zero-order chi connectivity index (χ0) is 8.44. The fourth-order valence-corrected chi connectivity index (χ4v) is 2.03. The highest BCUT2D eigenvalue weighted by Crippen LogP contribution is 2.34. The van der Waals surface area contributed by atoms with Gasteiger partial charge in [0.25, 0.3) is 0 Å². The molecule has 12 heavy (non-hydrogen) atoms. The number of ether oxygens (including phenoxy) is 2. The third kappa shape index (κ3) is 1.49. The molecule has 2 fully saturated rings. The minimum absolute atomic E-state index is 0.00838. The van der Waals surface area contributed by atoms with E-state index in [0.29, 0.717) is 12.6 Å². The summed E-state index contributed by atoms with van der Waals surface area (Å²) in [5.74, 6) is 0. The Balaban J connectivity index is 1.87. The zero-order valence-electron chi connectivity index (χ0n) is 7.42. The van der Waals surface area contributed by atoms with E-state index < -0.39 is 0 Å². The van der Waals surface area contributed by atoms with Crippen LogP contribution in [0.5, 0.6) is 0 Å². The highest BCUT2D eigenvalue weighted by molar-refractivity contribution is 4.89. The molecule has 0 aromatic rings. The molecule has 2 N–H and O–H groups in total. The van der Waals surface area contributed by atoms with Crippen LogP contribution in [0.25, 0.3) is 0 Å². The van der Waals surface area contributed by atoms with Crippen molar-refractivity contribution in [2.24, 2.45) is 5.73 Å². The minimum Gasteiger partial charge on any atom is -0.376 e. The second kappa shape index (κ2) is 3.32. The minimum atomic E-state index is 0.00838. The highest BCUT2D eigenvalue weighted by atomic mass is 16.6. The molecule has 3 nitrogen and oxygen atoms in total. The Bertz CT molecular complexity index is 151. The largest absolute Gasteiger partial charge is 0.376 e. The van der Waals surface area contributed by atoms with Crippen molar-refractivity contribution in [2.75, 3.05) is 19.8 Å². The summed E-state index contributed by atoms with van der Waals surface area (Å²) < 4.78 is 11.0. The van der Waals surface area contributed by atoms with Crippen LogP contribution in [-0.4, -0.2) is 31.5 Å². The maximum Gasteiger partial charge on any atom is 0.105 e.